The van der Waals surface area contributed by atoms with E-state index in [4.69, 9.17) is 0 Å². The van der Waals surface area contributed by atoms with Crippen LogP contribution in [0.3, 0.4) is 0 Å². The van der Waals surface area contributed by atoms with Gasteiger partial charge in [0.15, 0.2) is 0 Å². The molecule has 0 aliphatic heterocycles. The first-order valence-corrected chi connectivity index (χ1v) is 10.9. The molecule has 0 atom stereocenters. The molecule has 0 unspecified atom stereocenters. The number of aromatic nitrogens is 2. The van der Waals surface area contributed by atoms with Gasteiger partial charge in [0.05, 0.1) is 34.3 Å². The van der Waals surface area contributed by atoms with E-state index in [1.165, 1.54) is 17.1 Å². The lowest BCUT2D eigenvalue weighted by Gasteiger charge is -2.19. The molecule has 11 heteroatoms. The van der Waals surface area contributed by atoms with E-state index in [9.17, 15) is 32.3 Å². The maximum absolute atomic E-state index is 15.1. The average molecular weight is 507 g/mol. The smallest absolute Gasteiger partial charge is 0.416 e. The second-order valence-corrected chi connectivity index (χ2v) is 9.80. The molecule has 2 N–H and O–H groups in total. The van der Waals surface area contributed by atoms with E-state index in [-0.39, 0.29) is 35.2 Å². The normalized spacial score (nSPS) is 15.0. The van der Waals surface area contributed by atoms with Gasteiger partial charge in [-0.05, 0) is 37.1 Å². The number of aromatic carboxylic acids is 1. The topological polar surface area (TPSA) is 84.2 Å². The summed E-state index contributed by atoms with van der Waals surface area (Å²) in [4.78, 5) is 29.1. The van der Waals surface area contributed by atoms with Gasteiger partial charge in [-0.1, -0.05) is 26.8 Å². The van der Waals surface area contributed by atoms with E-state index < -0.39 is 46.2 Å². The fourth-order valence-corrected chi connectivity index (χ4v) is 4.00. The first-order chi connectivity index (χ1) is 16.6. The Balaban J connectivity index is 1.66. The molecule has 1 amide bonds. The molecule has 1 heterocycles. The fraction of sp³-hybridized carbons (Fsp3) is 0.320. The number of rotatable bonds is 5. The monoisotopic (exact) mass is 507 g/mol. The zero-order valence-electron chi connectivity index (χ0n) is 19.5. The number of halogens is 5. The maximum atomic E-state index is 15.1. The van der Waals surface area contributed by atoms with Gasteiger partial charge in [-0.2, -0.15) is 13.2 Å². The van der Waals surface area contributed by atoms with Crippen molar-refractivity contribution in [2.24, 2.45) is 0 Å². The van der Waals surface area contributed by atoms with Crippen LogP contribution in [0.2, 0.25) is 0 Å². The molecule has 1 saturated carbocycles. The van der Waals surface area contributed by atoms with Gasteiger partial charge in [-0.25, -0.2) is 18.6 Å². The molecule has 6 nitrogen and oxygen atoms in total. The standard InChI is InChI=1S/C25H22F5N3O3/c1-23(2,3)19-11-33(12-31-19)20-15(21(34)35)9-14(10-18(20)27)32-22(36)24(6-7-24)16-5-4-13(8-17(16)26)25(28,29)30/h4-5,8-12H,6-7H2,1-3H3,(H,32,36)(H,34,35). The number of anilines is 1. The van der Waals surface area contributed by atoms with Crippen LogP contribution in [0.15, 0.2) is 42.9 Å². The zero-order chi connectivity index (χ0) is 26.6. The second-order valence-electron chi connectivity index (χ2n) is 9.80. The van der Waals surface area contributed by atoms with Crippen LogP contribution in [-0.2, 0) is 21.8 Å². The molecule has 3 aromatic rings. The lowest BCUT2D eigenvalue weighted by atomic mass is 9.93. The van der Waals surface area contributed by atoms with Crippen molar-refractivity contribution in [2.45, 2.75) is 50.6 Å². The molecule has 0 bridgehead atoms. The third-order valence-electron chi connectivity index (χ3n) is 6.16. The summed E-state index contributed by atoms with van der Waals surface area (Å²) in [6, 6.07) is 3.93. The minimum atomic E-state index is -4.74. The van der Waals surface area contributed by atoms with Crippen LogP contribution in [0, 0.1) is 11.6 Å². The van der Waals surface area contributed by atoms with Crippen LogP contribution in [0.1, 0.15) is 60.8 Å². The largest absolute Gasteiger partial charge is 0.478 e. The molecule has 1 fully saturated rings. The van der Waals surface area contributed by atoms with Crippen molar-refractivity contribution in [1.82, 2.24) is 9.55 Å². The van der Waals surface area contributed by atoms with Gasteiger partial charge in [-0.15, -0.1) is 0 Å². The molecule has 0 saturated heterocycles. The number of alkyl halides is 3. The highest BCUT2D eigenvalue weighted by atomic mass is 19.4. The first-order valence-electron chi connectivity index (χ1n) is 10.9. The van der Waals surface area contributed by atoms with Crippen molar-refractivity contribution in [3.63, 3.8) is 0 Å². The van der Waals surface area contributed by atoms with E-state index in [1.54, 1.807) is 0 Å². The Hall–Kier alpha value is -3.76. The third kappa shape index (κ3) is 4.57. The van der Waals surface area contributed by atoms with Gasteiger partial charge in [0.2, 0.25) is 5.91 Å². The first kappa shape index (κ1) is 25.3. The van der Waals surface area contributed by atoms with E-state index in [0.29, 0.717) is 17.8 Å². The molecule has 190 valence electrons. The lowest BCUT2D eigenvalue weighted by Crippen LogP contribution is -2.29. The van der Waals surface area contributed by atoms with Crippen molar-refractivity contribution in [1.29, 1.82) is 0 Å². The minimum absolute atomic E-state index is 0.165. The van der Waals surface area contributed by atoms with Crippen LogP contribution in [0.4, 0.5) is 27.6 Å². The van der Waals surface area contributed by atoms with Gasteiger partial charge in [-0.3, -0.25) is 4.79 Å². The average Bonchev–Trinajstić information content (AvgIpc) is 3.40. The maximum Gasteiger partial charge on any atom is 0.416 e. The minimum Gasteiger partial charge on any atom is -0.478 e. The number of amides is 1. The van der Waals surface area contributed by atoms with Crippen LogP contribution < -0.4 is 5.32 Å². The highest BCUT2D eigenvalue weighted by Crippen LogP contribution is 2.50. The SMILES string of the molecule is CC(C)(C)c1cn(-c2c(F)cc(NC(=O)C3(c4ccc(C(F)(F)F)cc4F)CC3)cc2C(=O)O)cn1. The molecule has 0 radical (unpaired) electrons. The molecule has 36 heavy (non-hydrogen) atoms. The van der Waals surface area contributed by atoms with E-state index in [0.717, 1.165) is 18.2 Å². The summed E-state index contributed by atoms with van der Waals surface area (Å²) in [5, 5.41) is 12.1. The number of nitrogens with one attached hydrogen (secondary N) is 1. The summed E-state index contributed by atoms with van der Waals surface area (Å²) in [5.41, 5.74) is -3.51. The molecule has 2 aromatic carbocycles. The molecule has 0 spiro atoms. The van der Waals surface area contributed by atoms with Gasteiger partial charge in [0.1, 0.15) is 11.6 Å². The molecule has 1 aliphatic carbocycles. The van der Waals surface area contributed by atoms with E-state index in [2.05, 4.69) is 10.3 Å². The second kappa shape index (κ2) is 8.42. The summed E-state index contributed by atoms with van der Waals surface area (Å²) in [6.45, 7) is 5.67. The van der Waals surface area contributed by atoms with Crippen molar-refractivity contribution in [3.8, 4) is 5.69 Å². The Morgan fingerprint density at radius 1 is 1.06 bits per heavy atom. The van der Waals surface area contributed by atoms with Crippen LogP contribution >= 0.6 is 0 Å². The van der Waals surface area contributed by atoms with Crippen molar-refractivity contribution in [2.75, 3.05) is 5.32 Å². The Morgan fingerprint density at radius 2 is 1.72 bits per heavy atom. The zero-order valence-corrected chi connectivity index (χ0v) is 19.5. The van der Waals surface area contributed by atoms with Crippen LogP contribution in [0.5, 0.6) is 0 Å². The number of hydrogen-bond acceptors (Lipinski definition) is 3. The van der Waals surface area contributed by atoms with Crippen LogP contribution in [-0.4, -0.2) is 26.5 Å². The molecule has 1 aliphatic rings. The fourth-order valence-electron chi connectivity index (χ4n) is 4.00. The van der Waals surface area contributed by atoms with Gasteiger partial charge in [0.25, 0.3) is 0 Å². The number of carboxylic acid groups (broad SMARTS) is 1. The third-order valence-corrected chi connectivity index (χ3v) is 6.16. The Bertz CT molecular complexity index is 1370. The number of hydrogen-bond donors (Lipinski definition) is 2. The number of imidazole rings is 1. The lowest BCUT2D eigenvalue weighted by molar-refractivity contribution is -0.137. The van der Waals surface area contributed by atoms with Crippen molar-refractivity contribution < 1.29 is 36.6 Å². The van der Waals surface area contributed by atoms with Crippen molar-refractivity contribution >= 4 is 17.6 Å². The summed E-state index contributed by atoms with van der Waals surface area (Å²) >= 11 is 0. The van der Waals surface area contributed by atoms with Gasteiger partial charge in [0, 0.05) is 22.9 Å². The Kier molecular flexibility index (Phi) is 5.93. The molecule has 4 rings (SSSR count). The molecule has 1 aromatic heterocycles. The van der Waals surface area contributed by atoms with E-state index in [1.807, 2.05) is 20.8 Å². The quantitative estimate of drug-likeness (QED) is 0.426. The predicted octanol–water partition coefficient (Wildman–Crippen LogP) is 5.84. The van der Waals surface area contributed by atoms with E-state index >= 15 is 4.39 Å². The number of carboxylic acids is 1. The number of carbonyl (C=O) groups is 2. The number of benzene rings is 2. The van der Waals surface area contributed by atoms with Crippen molar-refractivity contribution in [3.05, 3.63) is 76.9 Å². The summed E-state index contributed by atoms with van der Waals surface area (Å²) < 4.78 is 69.6. The molecular weight excluding hydrogens is 485 g/mol. The summed E-state index contributed by atoms with van der Waals surface area (Å²) in [5.74, 6) is -4.36. The predicted molar refractivity (Wildman–Crippen MR) is 120 cm³/mol. The molecular formula is C25H22F5N3O3. The number of nitrogens with zero attached hydrogens (tertiary/aromatic N) is 2. The summed E-state index contributed by atoms with van der Waals surface area (Å²) in [7, 11) is 0. The van der Waals surface area contributed by atoms with Gasteiger partial charge < -0.3 is 15.0 Å². The Morgan fingerprint density at radius 3 is 2.22 bits per heavy atom. The van der Waals surface area contributed by atoms with Crippen LogP contribution in [0.25, 0.3) is 5.69 Å². The highest BCUT2D eigenvalue weighted by molar-refractivity contribution is 6.02. The highest BCUT2D eigenvalue weighted by Gasteiger charge is 2.53. The summed E-state index contributed by atoms with van der Waals surface area (Å²) in [6.07, 6.45) is -1.62. The van der Waals surface area contributed by atoms with Gasteiger partial charge >= 0.3 is 12.1 Å². The Labute approximate surface area is 202 Å². The number of carbonyl (C=O) groups excluding carboxylic acids is 1.